The van der Waals surface area contributed by atoms with E-state index in [0.717, 1.165) is 30.5 Å². The van der Waals surface area contributed by atoms with Crippen LogP contribution in [0.5, 0.6) is 11.5 Å². The number of ether oxygens (including phenoxy) is 2. The van der Waals surface area contributed by atoms with Crippen molar-refractivity contribution < 1.29 is 14.3 Å². The van der Waals surface area contributed by atoms with E-state index in [9.17, 15) is 9.59 Å². The minimum absolute atomic E-state index is 0.159. The van der Waals surface area contributed by atoms with E-state index in [-0.39, 0.29) is 17.4 Å². The normalized spacial score (nSPS) is 12.5. The molecular formula is C20H21N5O4. The molecular weight excluding hydrogens is 374 g/mol. The summed E-state index contributed by atoms with van der Waals surface area (Å²) in [5.74, 6) is 1.32. The number of hydrogen-bond donors (Lipinski definition) is 2. The fraction of sp³-hybridized carbons (Fsp3) is 0.300. The molecule has 1 aliphatic carbocycles. The van der Waals surface area contributed by atoms with Crippen molar-refractivity contribution in [3.63, 3.8) is 0 Å². The van der Waals surface area contributed by atoms with E-state index in [0.29, 0.717) is 28.6 Å². The molecule has 0 bridgehead atoms. The Morgan fingerprint density at radius 1 is 1.17 bits per heavy atom. The molecule has 9 heteroatoms. The molecule has 150 valence electrons. The Morgan fingerprint density at radius 2 is 1.97 bits per heavy atom. The molecule has 0 aliphatic heterocycles. The second kappa shape index (κ2) is 7.42. The molecule has 0 spiro atoms. The van der Waals surface area contributed by atoms with Gasteiger partial charge in [0.25, 0.3) is 11.5 Å². The molecule has 0 radical (unpaired) electrons. The maximum absolute atomic E-state index is 12.8. The lowest BCUT2D eigenvalue weighted by Gasteiger charge is -2.11. The van der Waals surface area contributed by atoms with Crippen LogP contribution in [0.15, 0.2) is 29.1 Å². The molecule has 3 aromatic rings. The van der Waals surface area contributed by atoms with Crippen LogP contribution in [0.3, 0.4) is 0 Å². The molecule has 0 unspecified atom stereocenters. The first-order valence-electron chi connectivity index (χ1n) is 9.22. The van der Waals surface area contributed by atoms with Crippen LogP contribution < -0.4 is 20.3 Å². The van der Waals surface area contributed by atoms with Gasteiger partial charge in [0.2, 0.25) is 5.95 Å². The number of nitrogens with one attached hydrogen (secondary N) is 2. The number of nitrogens with zero attached hydrogens (tertiary/aromatic N) is 3. The number of methoxy groups -OCH3 is 2. The number of anilines is 1. The molecule has 29 heavy (non-hydrogen) atoms. The zero-order valence-electron chi connectivity index (χ0n) is 16.4. The van der Waals surface area contributed by atoms with Crippen LogP contribution in [-0.4, -0.2) is 39.9 Å². The first-order valence-corrected chi connectivity index (χ1v) is 9.22. The predicted octanol–water partition coefficient (Wildman–Crippen LogP) is 2.02. The maximum Gasteiger partial charge on any atom is 0.256 e. The zero-order valence-corrected chi connectivity index (χ0v) is 16.4. The number of aromatic nitrogens is 4. The number of aryl methyl sites for hydroxylation is 2. The van der Waals surface area contributed by atoms with Crippen LogP contribution in [0.4, 0.5) is 5.82 Å². The minimum atomic E-state index is -0.351. The number of amides is 1. The molecule has 2 N–H and O–H groups in total. The highest BCUT2D eigenvalue weighted by atomic mass is 16.5. The third-order valence-electron chi connectivity index (χ3n) is 4.85. The van der Waals surface area contributed by atoms with Gasteiger partial charge in [0.1, 0.15) is 5.82 Å². The second-order valence-electron chi connectivity index (χ2n) is 6.77. The first kappa shape index (κ1) is 18.7. The van der Waals surface area contributed by atoms with Crippen molar-refractivity contribution in [2.45, 2.75) is 26.2 Å². The third-order valence-corrected chi connectivity index (χ3v) is 4.85. The Bertz CT molecular complexity index is 1150. The highest BCUT2D eigenvalue weighted by molar-refractivity contribution is 6.04. The number of rotatable bonds is 5. The van der Waals surface area contributed by atoms with E-state index < -0.39 is 0 Å². The lowest BCUT2D eigenvalue weighted by atomic mass is 10.2. The summed E-state index contributed by atoms with van der Waals surface area (Å²) in [7, 11) is 3.04. The minimum Gasteiger partial charge on any atom is -0.493 e. The van der Waals surface area contributed by atoms with E-state index in [2.05, 4.69) is 20.4 Å². The molecule has 1 aromatic carbocycles. The number of H-pyrrole nitrogens is 1. The van der Waals surface area contributed by atoms with Crippen LogP contribution in [0.2, 0.25) is 0 Å². The molecule has 0 saturated carbocycles. The van der Waals surface area contributed by atoms with Crippen LogP contribution in [0.1, 0.15) is 33.7 Å². The summed E-state index contributed by atoms with van der Waals surface area (Å²) in [6.45, 7) is 1.80. The Labute approximate surface area is 166 Å². The van der Waals surface area contributed by atoms with Gasteiger partial charge in [0.05, 0.1) is 25.6 Å². The summed E-state index contributed by atoms with van der Waals surface area (Å²) in [5, 5.41) is 7.21. The Hall–Kier alpha value is -3.62. The van der Waals surface area contributed by atoms with E-state index in [1.807, 2.05) is 0 Å². The molecule has 2 heterocycles. The molecule has 0 saturated heterocycles. The van der Waals surface area contributed by atoms with Crippen molar-refractivity contribution in [2.75, 3.05) is 19.5 Å². The monoisotopic (exact) mass is 395 g/mol. The number of fused-ring (bicyclic) bond motifs is 1. The summed E-state index contributed by atoms with van der Waals surface area (Å²) in [6, 6.07) is 6.61. The van der Waals surface area contributed by atoms with E-state index in [1.165, 1.54) is 18.9 Å². The largest absolute Gasteiger partial charge is 0.493 e. The van der Waals surface area contributed by atoms with Crippen molar-refractivity contribution in [1.29, 1.82) is 0 Å². The van der Waals surface area contributed by atoms with Gasteiger partial charge >= 0.3 is 0 Å². The topological polar surface area (TPSA) is 111 Å². The van der Waals surface area contributed by atoms with Crippen LogP contribution in [0, 0.1) is 6.92 Å². The fourth-order valence-electron chi connectivity index (χ4n) is 3.44. The molecule has 0 atom stereocenters. The van der Waals surface area contributed by atoms with Gasteiger partial charge < -0.3 is 14.8 Å². The molecule has 1 amide bonds. The number of carbonyl (C=O) groups excluding carboxylic acids is 1. The van der Waals surface area contributed by atoms with E-state index >= 15 is 0 Å². The van der Waals surface area contributed by atoms with Gasteiger partial charge in [-0.15, -0.1) is 0 Å². The maximum atomic E-state index is 12.8. The number of aromatic amines is 1. The average molecular weight is 395 g/mol. The highest BCUT2D eigenvalue weighted by Crippen LogP contribution is 2.28. The summed E-state index contributed by atoms with van der Waals surface area (Å²) in [6.07, 6.45) is 2.41. The number of hydrogen-bond acceptors (Lipinski definition) is 6. The average Bonchev–Trinajstić information content (AvgIpc) is 3.33. The summed E-state index contributed by atoms with van der Waals surface area (Å²) in [4.78, 5) is 32.5. The Balaban J connectivity index is 1.67. The van der Waals surface area contributed by atoms with Gasteiger partial charge in [0, 0.05) is 17.2 Å². The van der Waals surface area contributed by atoms with E-state index in [4.69, 9.17) is 9.47 Å². The van der Waals surface area contributed by atoms with Crippen molar-refractivity contribution in [2.24, 2.45) is 0 Å². The summed E-state index contributed by atoms with van der Waals surface area (Å²) in [5.41, 5.74) is 2.43. The van der Waals surface area contributed by atoms with Gasteiger partial charge in [0.15, 0.2) is 11.5 Å². The first-order chi connectivity index (χ1) is 14.0. The van der Waals surface area contributed by atoms with Crippen LogP contribution in [0.25, 0.3) is 5.95 Å². The summed E-state index contributed by atoms with van der Waals surface area (Å²) >= 11 is 0. The van der Waals surface area contributed by atoms with Gasteiger partial charge in [-0.2, -0.15) is 9.78 Å². The molecule has 4 rings (SSSR count). The van der Waals surface area contributed by atoms with Gasteiger partial charge in [-0.25, -0.2) is 4.98 Å². The van der Waals surface area contributed by atoms with Crippen LogP contribution >= 0.6 is 0 Å². The molecule has 0 fully saturated rings. The lowest BCUT2D eigenvalue weighted by molar-refractivity contribution is 0.102. The fourth-order valence-corrected chi connectivity index (χ4v) is 3.44. The van der Waals surface area contributed by atoms with Crippen molar-refractivity contribution in [3.8, 4) is 17.4 Å². The SMILES string of the molecule is COc1ccc(C(=O)Nc2cc(C)nn2-c2nc3c(c(=O)[nH]2)CCC3)cc1OC. The van der Waals surface area contributed by atoms with Crippen molar-refractivity contribution in [3.05, 3.63) is 57.1 Å². The van der Waals surface area contributed by atoms with Gasteiger partial charge in [-0.1, -0.05) is 0 Å². The molecule has 9 nitrogen and oxygen atoms in total. The van der Waals surface area contributed by atoms with Crippen molar-refractivity contribution in [1.82, 2.24) is 19.7 Å². The third kappa shape index (κ3) is 3.46. The number of carbonyl (C=O) groups is 1. The number of benzene rings is 1. The molecule has 2 aromatic heterocycles. The van der Waals surface area contributed by atoms with Gasteiger partial charge in [-0.05, 0) is 44.4 Å². The smallest absolute Gasteiger partial charge is 0.256 e. The second-order valence-corrected chi connectivity index (χ2v) is 6.77. The predicted molar refractivity (Wildman–Crippen MR) is 106 cm³/mol. The van der Waals surface area contributed by atoms with Gasteiger partial charge in [-0.3, -0.25) is 14.6 Å². The Morgan fingerprint density at radius 3 is 2.72 bits per heavy atom. The van der Waals surface area contributed by atoms with Crippen molar-refractivity contribution >= 4 is 11.7 Å². The standard InChI is InChI=1S/C20H21N5O4/c1-11-9-17(22-18(26)12-7-8-15(28-2)16(10-12)29-3)25(24-11)20-21-14-6-4-5-13(14)19(27)23-20/h7-10H,4-6H2,1-3H3,(H,22,26)(H,21,23,27). The molecule has 1 aliphatic rings. The Kier molecular flexibility index (Phi) is 4.79. The highest BCUT2D eigenvalue weighted by Gasteiger charge is 2.20. The van der Waals surface area contributed by atoms with E-state index in [1.54, 1.807) is 31.2 Å². The quantitative estimate of drug-likeness (QED) is 0.684. The lowest BCUT2D eigenvalue weighted by Crippen LogP contribution is -2.21. The summed E-state index contributed by atoms with van der Waals surface area (Å²) < 4.78 is 11.9. The van der Waals surface area contributed by atoms with Crippen LogP contribution in [-0.2, 0) is 12.8 Å². The zero-order chi connectivity index (χ0) is 20.5.